The minimum Gasteiger partial charge on any atom is -0.388 e. The summed E-state index contributed by atoms with van der Waals surface area (Å²) in [6.45, 7) is 5.48. The van der Waals surface area contributed by atoms with Gasteiger partial charge in [0.05, 0.1) is 10.7 Å². The van der Waals surface area contributed by atoms with Gasteiger partial charge in [0, 0.05) is 12.5 Å². The smallest absolute Gasteiger partial charge is 0.241 e. The fraction of sp³-hybridized carbons (Fsp3) is 0.462. The number of hydrogen-bond donors (Lipinski definition) is 3. The molecule has 0 saturated carbocycles. The van der Waals surface area contributed by atoms with Gasteiger partial charge in [-0.15, -0.1) is 0 Å². The van der Waals surface area contributed by atoms with Gasteiger partial charge in [0.2, 0.25) is 10.0 Å². The summed E-state index contributed by atoms with van der Waals surface area (Å²) in [5.41, 5.74) is 6.93. The lowest BCUT2D eigenvalue weighted by Gasteiger charge is -2.17. The number of nitrogens with two attached hydrogens (primary N) is 1. The lowest BCUT2D eigenvalue weighted by molar-refractivity contribution is 0.544. The summed E-state index contributed by atoms with van der Waals surface area (Å²) in [4.78, 5) is 0.287. The van der Waals surface area contributed by atoms with E-state index < -0.39 is 10.0 Å². The van der Waals surface area contributed by atoms with E-state index in [-0.39, 0.29) is 23.2 Å². The molecule has 0 amide bonds. The molecule has 106 valence electrons. The van der Waals surface area contributed by atoms with E-state index in [0.29, 0.717) is 12.0 Å². The van der Waals surface area contributed by atoms with Gasteiger partial charge in [-0.25, -0.2) is 13.1 Å². The number of benzene rings is 1. The van der Waals surface area contributed by atoms with Crippen LogP contribution in [0.15, 0.2) is 23.1 Å². The predicted octanol–water partition coefficient (Wildman–Crippen LogP) is 1.69. The van der Waals surface area contributed by atoms with Gasteiger partial charge in [-0.1, -0.05) is 19.1 Å². The first-order valence-electron chi connectivity index (χ1n) is 6.18. The molecule has 1 aromatic carbocycles. The highest BCUT2D eigenvalue weighted by molar-refractivity contribution is 7.89. The quantitative estimate of drug-likeness (QED) is 0.547. The van der Waals surface area contributed by atoms with Gasteiger partial charge in [-0.2, -0.15) is 0 Å². The molecule has 1 aromatic rings. The standard InChI is InChI=1S/C13H21N3O2S/c1-4-11(8-13(14)15)16-19(17,18)12-7-9(2)5-6-10(12)3/h5-7,11,16H,4,8H2,1-3H3,(H3,14,15). The first-order valence-corrected chi connectivity index (χ1v) is 7.67. The molecule has 6 heteroatoms. The van der Waals surface area contributed by atoms with Crippen molar-refractivity contribution in [2.24, 2.45) is 5.73 Å². The third-order valence-corrected chi connectivity index (χ3v) is 4.58. The van der Waals surface area contributed by atoms with E-state index in [1.54, 1.807) is 19.1 Å². The molecular weight excluding hydrogens is 262 g/mol. The van der Waals surface area contributed by atoms with Crippen molar-refractivity contribution < 1.29 is 8.42 Å². The molecule has 19 heavy (non-hydrogen) atoms. The van der Waals surface area contributed by atoms with Gasteiger partial charge in [0.15, 0.2) is 0 Å². The number of rotatable bonds is 6. The molecule has 0 aliphatic heterocycles. The van der Waals surface area contributed by atoms with Crippen LogP contribution in [-0.4, -0.2) is 20.3 Å². The zero-order valence-electron chi connectivity index (χ0n) is 11.5. The second kappa shape index (κ2) is 6.16. The molecule has 0 saturated heterocycles. The molecule has 0 aromatic heterocycles. The fourth-order valence-corrected chi connectivity index (χ4v) is 3.46. The van der Waals surface area contributed by atoms with Crippen LogP contribution in [0.4, 0.5) is 0 Å². The van der Waals surface area contributed by atoms with Crippen LogP contribution < -0.4 is 10.5 Å². The monoisotopic (exact) mass is 283 g/mol. The molecular formula is C13H21N3O2S. The molecule has 0 spiro atoms. The summed E-state index contributed by atoms with van der Waals surface area (Å²) >= 11 is 0. The topological polar surface area (TPSA) is 96.0 Å². The van der Waals surface area contributed by atoms with Gasteiger partial charge in [0.1, 0.15) is 0 Å². The van der Waals surface area contributed by atoms with Crippen molar-refractivity contribution in [3.8, 4) is 0 Å². The Labute approximate surface area is 114 Å². The van der Waals surface area contributed by atoms with Gasteiger partial charge in [-0.05, 0) is 37.5 Å². The summed E-state index contributed by atoms with van der Waals surface area (Å²) in [6.07, 6.45) is 0.810. The second-order valence-electron chi connectivity index (χ2n) is 4.72. The van der Waals surface area contributed by atoms with Crippen LogP contribution in [0.5, 0.6) is 0 Å². The lowest BCUT2D eigenvalue weighted by Crippen LogP contribution is -2.37. The van der Waals surface area contributed by atoms with E-state index in [9.17, 15) is 8.42 Å². The van der Waals surface area contributed by atoms with E-state index in [4.69, 9.17) is 11.1 Å². The van der Waals surface area contributed by atoms with Crippen molar-refractivity contribution in [1.29, 1.82) is 5.41 Å². The molecule has 0 aliphatic carbocycles. The average Bonchev–Trinajstić information content (AvgIpc) is 2.30. The highest BCUT2D eigenvalue weighted by Gasteiger charge is 2.21. The van der Waals surface area contributed by atoms with E-state index in [1.165, 1.54) is 0 Å². The summed E-state index contributed by atoms with van der Waals surface area (Å²) in [5, 5.41) is 7.26. The molecule has 0 radical (unpaired) electrons. The molecule has 0 heterocycles. The normalized spacial score (nSPS) is 13.2. The maximum absolute atomic E-state index is 12.3. The number of hydrogen-bond acceptors (Lipinski definition) is 3. The van der Waals surface area contributed by atoms with Crippen LogP contribution in [0.3, 0.4) is 0 Å². The van der Waals surface area contributed by atoms with E-state index in [0.717, 1.165) is 5.56 Å². The Morgan fingerprint density at radius 3 is 2.58 bits per heavy atom. The Bertz CT molecular complexity index is 567. The molecule has 1 atom stereocenters. The lowest BCUT2D eigenvalue weighted by atomic mass is 10.1. The van der Waals surface area contributed by atoms with E-state index in [1.807, 2.05) is 19.9 Å². The number of nitrogens with one attached hydrogen (secondary N) is 2. The van der Waals surface area contributed by atoms with Gasteiger partial charge in [-0.3, -0.25) is 5.41 Å². The third-order valence-electron chi connectivity index (χ3n) is 2.91. The summed E-state index contributed by atoms with van der Waals surface area (Å²) < 4.78 is 27.3. The van der Waals surface area contributed by atoms with Crippen LogP contribution in [0.2, 0.25) is 0 Å². The maximum Gasteiger partial charge on any atom is 0.241 e. The largest absolute Gasteiger partial charge is 0.388 e. The highest BCUT2D eigenvalue weighted by Crippen LogP contribution is 2.17. The average molecular weight is 283 g/mol. The van der Waals surface area contributed by atoms with Gasteiger partial charge in [0.25, 0.3) is 0 Å². The summed E-state index contributed by atoms with van der Waals surface area (Å²) in [5.74, 6) is -0.0180. The Kier molecular flexibility index (Phi) is 5.08. The number of aryl methyl sites for hydroxylation is 2. The van der Waals surface area contributed by atoms with Crippen molar-refractivity contribution in [2.75, 3.05) is 0 Å². The van der Waals surface area contributed by atoms with Crippen LogP contribution in [0, 0.1) is 19.3 Å². The molecule has 5 nitrogen and oxygen atoms in total. The zero-order valence-corrected chi connectivity index (χ0v) is 12.3. The first-order chi connectivity index (χ1) is 8.76. The van der Waals surface area contributed by atoms with Gasteiger partial charge < -0.3 is 5.73 Å². The Hall–Kier alpha value is -1.40. The Balaban J connectivity index is 3.03. The third kappa shape index (κ3) is 4.33. The molecule has 0 fully saturated rings. The minimum absolute atomic E-state index is 0.0180. The van der Waals surface area contributed by atoms with Crippen LogP contribution in [0.25, 0.3) is 0 Å². The second-order valence-corrected chi connectivity index (χ2v) is 6.41. The molecule has 0 aliphatic rings. The van der Waals surface area contributed by atoms with Crippen molar-refractivity contribution in [2.45, 2.75) is 44.6 Å². The van der Waals surface area contributed by atoms with E-state index in [2.05, 4.69) is 4.72 Å². The maximum atomic E-state index is 12.3. The SMILES string of the molecule is CCC(CC(=N)N)NS(=O)(=O)c1cc(C)ccc1C. The number of sulfonamides is 1. The fourth-order valence-electron chi connectivity index (χ4n) is 1.81. The summed E-state index contributed by atoms with van der Waals surface area (Å²) in [6, 6.07) is 4.97. The van der Waals surface area contributed by atoms with Crippen molar-refractivity contribution >= 4 is 15.9 Å². The molecule has 0 bridgehead atoms. The Morgan fingerprint density at radius 1 is 1.42 bits per heavy atom. The minimum atomic E-state index is -3.57. The van der Waals surface area contributed by atoms with Crippen molar-refractivity contribution in [1.82, 2.24) is 4.72 Å². The van der Waals surface area contributed by atoms with Crippen LogP contribution in [0.1, 0.15) is 30.9 Å². The number of amidine groups is 1. The van der Waals surface area contributed by atoms with Crippen LogP contribution in [-0.2, 0) is 10.0 Å². The first kappa shape index (κ1) is 15.7. The molecule has 1 unspecified atom stereocenters. The summed E-state index contributed by atoms with van der Waals surface area (Å²) in [7, 11) is -3.57. The van der Waals surface area contributed by atoms with Crippen LogP contribution >= 0.6 is 0 Å². The highest BCUT2D eigenvalue weighted by atomic mass is 32.2. The van der Waals surface area contributed by atoms with E-state index >= 15 is 0 Å². The predicted molar refractivity (Wildman–Crippen MR) is 76.8 cm³/mol. The van der Waals surface area contributed by atoms with Gasteiger partial charge >= 0.3 is 0 Å². The van der Waals surface area contributed by atoms with Crippen molar-refractivity contribution in [3.63, 3.8) is 0 Å². The Morgan fingerprint density at radius 2 is 2.05 bits per heavy atom. The molecule has 1 rings (SSSR count). The zero-order chi connectivity index (χ0) is 14.6. The molecule has 4 N–H and O–H groups in total. The van der Waals surface area contributed by atoms with Crippen molar-refractivity contribution in [3.05, 3.63) is 29.3 Å².